The molecule has 1 saturated carbocycles. The number of benzene rings is 1. The second-order valence-corrected chi connectivity index (χ2v) is 6.25. The monoisotopic (exact) mass is 326 g/mol. The molecule has 1 fully saturated rings. The molecule has 4 heteroatoms. The molecule has 1 aliphatic carbocycles. The van der Waals surface area contributed by atoms with Crippen LogP contribution in [0.25, 0.3) is 0 Å². The molecule has 0 radical (unpaired) electrons. The Morgan fingerprint density at radius 2 is 1.89 bits per heavy atom. The molecule has 0 aromatic heterocycles. The highest BCUT2D eigenvalue weighted by Crippen LogP contribution is 2.32. The van der Waals surface area contributed by atoms with Crippen molar-refractivity contribution >= 4 is 38.9 Å². The second-order valence-electron chi connectivity index (χ2n) is 4.93. The quantitative estimate of drug-likeness (QED) is 0.802. The van der Waals surface area contributed by atoms with Crippen LogP contribution in [0.3, 0.4) is 0 Å². The zero-order chi connectivity index (χ0) is 13.0. The SMILES string of the molecule is CCC1(NC(=S)Nc2ccc(Br)cc2)CCCC1. The molecule has 0 unspecified atom stereocenters. The van der Waals surface area contributed by atoms with Crippen molar-refractivity contribution in [2.24, 2.45) is 0 Å². The number of thiocarbonyl (C=S) groups is 1. The molecule has 0 aliphatic heterocycles. The van der Waals surface area contributed by atoms with E-state index in [2.05, 4.69) is 33.5 Å². The van der Waals surface area contributed by atoms with Crippen molar-refractivity contribution in [2.45, 2.75) is 44.6 Å². The van der Waals surface area contributed by atoms with Gasteiger partial charge in [-0.15, -0.1) is 0 Å². The summed E-state index contributed by atoms with van der Waals surface area (Å²) in [6.45, 7) is 2.24. The van der Waals surface area contributed by atoms with Gasteiger partial charge < -0.3 is 10.6 Å². The molecule has 2 nitrogen and oxygen atoms in total. The van der Waals surface area contributed by atoms with Crippen molar-refractivity contribution in [3.63, 3.8) is 0 Å². The zero-order valence-electron chi connectivity index (χ0n) is 10.6. The molecular formula is C14H19BrN2S. The smallest absolute Gasteiger partial charge is 0.171 e. The maximum Gasteiger partial charge on any atom is 0.171 e. The minimum absolute atomic E-state index is 0.222. The standard InChI is InChI=1S/C14H19BrN2S/c1-2-14(9-3-4-10-14)17-13(18)16-12-7-5-11(15)6-8-12/h5-8H,2-4,9-10H2,1H3,(H2,16,17,18). The number of halogens is 1. The lowest BCUT2D eigenvalue weighted by Crippen LogP contribution is -2.47. The van der Waals surface area contributed by atoms with Crippen molar-refractivity contribution in [3.8, 4) is 0 Å². The average Bonchev–Trinajstić information content (AvgIpc) is 2.81. The van der Waals surface area contributed by atoms with Gasteiger partial charge in [0.05, 0.1) is 0 Å². The Kier molecular flexibility index (Phi) is 4.62. The van der Waals surface area contributed by atoms with Crippen molar-refractivity contribution < 1.29 is 0 Å². The van der Waals surface area contributed by atoms with Crippen LogP contribution in [0.2, 0.25) is 0 Å². The molecule has 2 rings (SSSR count). The topological polar surface area (TPSA) is 24.1 Å². The highest BCUT2D eigenvalue weighted by atomic mass is 79.9. The Hall–Kier alpha value is -0.610. The molecule has 2 N–H and O–H groups in total. The lowest BCUT2D eigenvalue weighted by Gasteiger charge is -2.30. The Labute approximate surface area is 123 Å². The molecule has 1 aliphatic rings. The van der Waals surface area contributed by atoms with Crippen molar-refractivity contribution in [3.05, 3.63) is 28.7 Å². The van der Waals surface area contributed by atoms with Gasteiger partial charge in [-0.1, -0.05) is 35.7 Å². The average molecular weight is 327 g/mol. The lowest BCUT2D eigenvalue weighted by molar-refractivity contribution is 0.378. The first-order valence-electron chi connectivity index (χ1n) is 6.48. The molecular weight excluding hydrogens is 308 g/mol. The first kappa shape index (κ1) is 13.8. The third kappa shape index (κ3) is 3.45. The summed E-state index contributed by atoms with van der Waals surface area (Å²) < 4.78 is 1.08. The van der Waals surface area contributed by atoms with Gasteiger partial charge in [0, 0.05) is 15.7 Å². The van der Waals surface area contributed by atoms with Gasteiger partial charge >= 0.3 is 0 Å². The van der Waals surface area contributed by atoms with E-state index in [1.165, 1.54) is 25.7 Å². The number of nitrogens with one attached hydrogen (secondary N) is 2. The maximum atomic E-state index is 5.41. The highest BCUT2D eigenvalue weighted by Gasteiger charge is 2.32. The van der Waals surface area contributed by atoms with Crippen molar-refractivity contribution in [1.29, 1.82) is 0 Å². The number of hydrogen-bond donors (Lipinski definition) is 2. The normalized spacial score (nSPS) is 17.4. The van der Waals surface area contributed by atoms with Crippen LogP contribution in [0, 0.1) is 0 Å². The summed E-state index contributed by atoms with van der Waals surface area (Å²) in [6.07, 6.45) is 6.20. The highest BCUT2D eigenvalue weighted by molar-refractivity contribution is 9.10. The van der Waals surface area contributed by atoms with Gasteiger partial charge in [-0.2, -0.15) is 0 Å². The van der Waals surface area contributed by atoms with Crippen LogP contribution in [-0.2, 0) is 0 Å². The molecule has 0 bridgehead atoms. The van der Waals surface area contributed by atoms with Crippen molar-refractivity contribution in [1.82, 2.24) is 5.32 Å². The zero-order valence-corrected chi connectivity index (χ0v) is 13.0. The van der Waals surface area contributed by atoms with E-state index >= 15 is 0 Å². The van der Waals surface area contributed by atoms with Crippen LogP contribution in [0.15, 0.2) is 28.7 Å². The van der Waals surface area contributed by atoms with Gasteiger partial charge in [0.1, 0.15) is 0 Å². The van der Waals surface area contributed by atoms with E-state index in [-0.39, 0.29) is 5.54 Å². The van der Waals surface area contributed by atoms with Crippen LogP contribution >= 0.6 is 28.1 Å². The predicted octanol–water partition coefficient (Wildman–Crippen LogP) is 4.46. The minimum atomic E-state index is 0.222. The summed E-state index contributed by atoms with van der Waals surface area (Å²) >= 11 is 8.84. The fraction of sp³-hybridized carbons (Fsp3) is 0.500. The summed E-state index contributed by atoms with van der Waals surface area (Å²) in [7, 11) is 0. The number of hydrogen-bond acceptors (Lipinski definition) is 1. The van der Waals surface area contributed by atoms with Gasteiger partial charge in [-0.25, -0.2) is 0 Å². The number of rotatable bonds is 3. The van der Waals surface area contributed by atoms with E-state index in [4.69, 9.17) is 12.2 Å². The predicted molar refractivity (Wildman–Crippen MR) is 85.0 cm³/mol. The molecule has 0 amide bonds. The summed E-state index contributed by atoms with van der Waals surface area (Å²) in [5.74, 6) is 0. The van der Waals surface area contributed by atoms with E-state index in [9.17, 15) is 0 Å². The van der Waals surface area contributed by atoms with Crippen LogP contribution in [0.1, 0.15) is 39.0 Å². The van der Waals surface area contributed by atoms with Crippen LogP contribution in [-0.4, -0.2) is 10.7 Å². The first-order chi connectivity index (χ1) is 8.63. The van der Waals surface area contributed by atoms with Crippen LogP contribution < -0.4 is 10.6 Å². The second kappa shape index (κ2) is 6.02. The third-order valence-corrected chi connectivity index (χ3v) is 4.45. The van der Waals surface area contributed by atoms with E-state index < -0.39 is 0 Å². The van der Waals surface area contributed by atoms with Gasteiger partial charge in [0.15, 0.2) is 5.11 Å². The summed E-state index contributed by atoms with van der Waals surface area (Å²) in [5, 5.41) is 7.51. The Morgan fingerprint density at radius 1 is 1.28 bits per heavy atom. The first-order valence-corrected chi connectivity index (χ1v) is 7.68. The molecule has 1 aromatic rings. The Morgan fingerprint density at radius 3 is 2.44 bits per heavy atom. The largest absolute Gasteiger partial charge is 0.357 e. The molecule has 0 saturated heterocycles. The van der Waals surface area contributed by atoms with Gasteiger partial charge in [-0.05, 0) is 55.7 Å². The molecule has 0 spiro atoms. The summed E-state index contributed by atoms with van der Waals surface area (Å²) in [6, 6.07) is 8.06. The number of anilines is 1. The van der Waals surface area contributed by atoms with Gasteiger partial charge in [0.2, 0.25) is 0 Å². The van der Waals surface area contributed by atoms with E-state index in [0.29, 0.717) is 0 Å². The van der Waals surface area contributed by atoms with Crippen molar-refractivity contribution in [2.75, 3.05) is 5.32 Å². The molecule has 0 atom stereocenters. The summed E-state index contributed by atoms with van der Waals surface area (Å²) in [5.41, 5.74) is 1.25. The lowest BCUT2D eigenvalue weighted by atomic mass is 9.95. The van der Waals surface area contributed by atoms with E-state index in [1.807, 2.05) is 24.3 Å². The van der Waals surface area contributed by atoms with Crippen LogP contribution in [0.4, 0.5) is 5.69 Å². The van der Waals surface area contributed by atoms with E-state index in [0.717, 1.165) is 21.7 Å². The Bertz CT molecular complexity index is 410. The molecule has 0 heterocycles. The maximum absolute atomic E-state index is 5.41. The molecule has 18 heavy (non-hydrogen) atoms. The van der Waals surface area contributed by atoms with Gasteiger partial charge in [0.25, 0.3) is 0 Å². The van der Waals surface area contributed by atoms with Crippen LogP contribution in [0.5, 0.6) is 0 Å². The fourth-order valence-electron chi connectivity index (χ4n) is 2.56. The molecule has 98 valence electrons. The fourth-order valence-corrected chi connectivity index (χ4v) is 3.15. The minimum Gasteiger partial charge on any atom is -0.357 e. The third-order valence-electron chi connectivity index (χ3n) is 3.72. The summed E-state index contributed by atoms with van der Waals surface area (Å²) in [4.78, 5) is 0. The Balaban J connectivity index is 1.94. The molecule has 1 aromatic carbocycles. The van der Waals surface area contributed by atoms with Gasteiger partial charge in [-0.3, -0.25) is 0 Å². The van der Waals surface area contributed by atoms with E-state index in [1.54, 1.807) is 0 Å².